The molecule has 1 aliphatic carbocycles. The van der Waals surface area contributed by atoms with Crippen molar-refractivity contribution >= 4 is 7.82 Å². The van der Waals surface area contributed by atoms with Crippen LogP contribution in [0, 0.1) is 11.8 Å². The minimum atomic E-state index is -4.31. The summed E-state index contributed by atoms with van der Waals surface area (Å²) in [5, 5.41) is 0. The highest BCUT2D eigenvalue weighted by molar-refractivity contribution is 7.46. The van der Waals surface area contributed by atoms with Gasteiger partial charge in [-0.25, -0.2) is 4.57 Å². The van der Waals surface area contributed by atoms with Gasteiger partial charge in [-0.15, -0.1) is 0 Å². The predicted octanol–water partition coefficient (Wildman–Crippen LogP) is 2.70. The number of rotatable bonds is 4. The van der Waals surface area contributed by atoms with E-state index in [-0.39, 0.29) is 6.10 Å². The van der Waals surface area contributed by atoms with Gasteiger partial charge in [0.15, 0.2) is 0 Å². The quantitative estimate of drug-likeness (QED) is 0.736. The van der Waals surface area contributed by atoms with Crippen molar-refractivity contribution in [3.05, 3.63) is 0 Å². The molecule has 0 bridgehead atoms. The average Bonchev–Trinajstić information content (AvgIpc) is 2.14. The first-order chi connectivity index (χ1) is 6.94. The molecule has 3 atom stereocenters. The van der Waals surface area contributed by atoms with Gasteiger partial charge in [0.2, 0.25) is 0 Å². The van der Waals surface area contributed by atoms with Gasteiger partial charge in [-0.1, -0.05) is 26.7 Å². The van der Waals surface area contributed by atoms with Crippen molar-refractivity contribution in [2.45, 2.75) is 52.1 Å². The first-order valence-electron chi connectivity index (χ1n) is 5.68. The molecule has 4 nitrogen and oxygen atoms in total. The Hall–Kier alpha value is 0.110. The SMILES string of the molecule is CC[C@@H]1CC(OP(=O)(O)O)C[C@H](CC)C1. The van der Waals surface area contributed by atoms with E-state index >= 15 is 0 Å². The van der Waals surface area contributed by atoms with Gasteiger partial charge in [-0.05, 0) is 31.1 Å². The molecule has 0 spiro atoms. The second-order valence-electron chi connectivity index (χ2n) is 4.47. The van der Waals surface area contributed by atoms with Crippen LogP contribution in [0.3, 0.4) is 0 Å². The topological polar surface area (TPSA) is 66.8 Å². The number of hydrogen-bond acceptors (Lipinski definition) is 2. The standard InChI is InChI=1S/C10H21O4P/c1-3-8-5-9(4-2)7-10(6-8)14-15(11,12)13/h8-10H,3-7H2,1-2H3,(H2,11,12,13)/t8-,9+,10?. The van der Waals surface area contributed by atoms with E-state index in [2.05, 4.69) is 13.8 Å². The van der Waals surface area contributed by atoms with E-state index in [1.165, 1.54) is 6.42 Å². The Morgan fingerprint density at radius 1 is 1.13 bits per heavy atom. The van der Waals surface area contributed by atoms with Crippen LogP contribution in [0.1, 0.15) is 46.0 Å². The Morgan fingerprint density at radius 3 is 1.93 bits per heavy atom. The molecule has 1 fully saturated rings. The Morgan fingerprint density at radius 2 is 1.60 bits per heavy atom. The number of phosphoric acid groups is 1. The lowest BCUT2D eigenvalue weighted by molar-refractivity contribution is 0.0582. The third-order valence-corrected chi connectivity index (χ3v) is 3.87. The monoisotopic (exact) mass is 236 g/mol. The summed E-state index contributed by atoms with van der Waals surface area (Å²) in [5.74, 6) is 1.11. The van der Waals surface area contributed by atoms with Crippen molar-refractivity contribution in [1.29, 1.82) is 0 Å². The predicted molar refractivity (Wildman–Crippen MR) is 58.3 cm³/mol. The third kappa shape index (κ3) is 4.64. The van der Waals surface area contributed by atoms with E-state index < -0.39 is 7.82 Å². The lowest BCUT2D eigenvalue weighted by atomic mass is 9.77. The summed E-state index contributed by atoms with van der Waals surface area (Å²) >= 11 is 0. The van der Waals surface area contributed by atoms with E-state index in [4.69, 9.17) is 14.3 Å². The normalized spacial score (nSPS) is 32.9. The molecule has 0 radical (unpaired) electrons. The summed E-state index contributed by atoms with van der Waals surface area (Å²) in [6.45, 7) is 4.24. The molecule has 2 N–H and O–H groups in total. The molecule has 90 valence electrons. The van der Waals surface area contributed by atoms with Crippen molar-refractivity contribution in [3.8, 4) is 0 Å². The van der Waals surface area contributed by atoms with Crippen LogP contribution in [0.25, 0.3) is 0 Å². The van der Waals surface area contributed by atoms with E-state index in [0.717, 1.165) is 25.7 Å². The molecule has 1 rings (SSSR count). The van der Waals surface area contributed by atoms with Gasteiger partial charge in [-0.2, -0.15) is 0 Å². The van der Waals surface area contributed by atoms with Gasteiger partial charge in [0.05, 0.1) is 6.10 Å². The summed E-state index contributed by atoms with van der Waals surface area (Å²) in [6, 6.07) is 0. The zero-order valence-corrected chi connectivity index (χ0v) is 10.3. The molecule has 5 heteroatoms. The van der Waals surface area contributed by atoms with Crippen LogP contribution in [0.5, 0.6) is 0 Å². The summed E-state index contributed by atoms with van der Waals surface area (Å²) in [6.07, 6.45) is 4.63. The zero-order valence-electron chi connectivity index (χ0n) is 9.43. The molecule has 1 saturated carbocycles. The van der Waals surface area contributed by atoms with E-state index in [9.17, 15) is 4.57 Å². The van der Waals surface area contributed by atoms with Crippen LogP contribution in [0.2, 0.25) is 0 Å². The maximum atomic E-state index is 10.8. The molecule has 0 heterocycles. The van der Waals surface area contributed by atoms with Crippen LogP contribution in [-0.2, 0) is 9.09 Å². The minimum Gasteiger partial charge on any atom is -0.303 e. The van der Waals surface area contributed by atoms with Crippen LogP contribution < -0.4 is 0 Å². The Labute approximate surface area is 91.3 Å². The molecule has 1 unspecified atom stereocenters. The lowest BCUT2D eigenvalue weighted by Gasteiger charge is -2.33. The Bertz CT molecular complexity index is 226. The maximum Gasteiger partial charge on any atom is 0.469 e. The summed E-state index contributed by atoms with van der Waals surface area (Å²) in [7, 11) is -4.31. The summed E-state index contributed by atoms with van der Waals surface area (Å²) in [5.41, 5.74) is 0. The molecule has 0 aliphatic heterocycles. The highest BCUT2D eigenvalue weighted by atomic mass is 31.2. The molecule has 15 heavy (non-hydrogen) atoms. The van der Waals surface area contributed by atoms with Crippen molar-refractivity contribution < 1.29 is 18.9 Å². The van der Waals surface area contributed by atoms with Crippen LogP contribution in [0.4, 0.5) is 0 Å². The van der Waals surface area contributed by atoms with Gasteiger partial charge in [0.1, 0.15) is 0 Å². The van der Waals surface area contributed by atoms with Gasteiger partial charge in [0, 0.05) is 0 Å². The lowest BCUT2D eigenvalue weighted by Crippen LogP contribution is -2.27. The second-order valence-corrected chi connectivity index (χ2v) is 5.67. The smallest absolute Gasteiger partial charge is 0.303 e. The zero-order chi connectivity index (χ0) is 11.5. The van der Waals surface area contributed by atoms with Crippen molar-refractivity contribution in [1.82, 2.24) is 0 Å². The summed E-state index contributed by atoms with van der Waals surface area (Å²) in [4.78, 5) is 17.6. The molecule has 0 aromatic carbocycles. The van der Waals surface area contributed by atoms with Crippen molar-refractivity contribution in [2.75, 3.05) is 0 Å². The van der Waals surface area contributed by atoms with Crippen LogP contribution >= 0.6 is 7.82 Å². The van der Waals surface area contributed by atoms with E-state index in [1.807, 2.05) is 0 Å². The molecule has 0 amide bonds. The van der Waals surface area contributed by atoms with E-state index in [0.29, 0.717) is 11.8 Å². The minimum absolute atomic E-state index is 0.255. The van der Waals surface area contributed by atoms with E-state index in [1.54, 1.807) is 0 Å². The fourth-order valence-corrected chi connectivity index (χ4v) is 3.01. The fourth-order valence-electron chi connectivity index (χ4n) is 2.45. The number of phosphoric ester groups is 1. The molecular formula is C10H21O4P. The van der Waals surface area contributed by atoms with Gasteiger partial charge >= 0.3 is 7.82 Å². The Balaban J connectivity index is 2.53. The van der Waals surface area contributed by atoms with Crippen molar-refractivity contribution in [2.24, 2.45) is 11.8 Å². The van der Waals surface area contributed by atoms with Crippen molar-refractivity contribution in [3.63, 3.8) is 0 Å². The second kappa shape index (κ2) is 5.44. The highest BCUT2D eigenvalue weighted by Gasteiger charge is 2.31. The van der Waals surface area contributed by atoms with Gasteiger partial charge in [0.25, 0.3) is 0 Å². The molecule has 0 saturated heterocycles. The maximum absolute atomic E-state index is 10.8. The molecule has 0 aromatic heterocycles. The summed E-state index contributed by atoms with van der Waals surface area (Å²) < 4.78 is 15.6. The third-order valence-electron chi connectivity index (χ3n) is 3.30. The van der Waals surface area contributed by atoms with Gasteiger partial charge in [-0.3, -0.25) is 4.52 Å². The molecular weight excluding hydrogens is 215 g/mol. The Kier molecular flexibility index (Phi) is 4.78. The largest absolute Gasteiger partial charge is 0.469 e. The average molecular weight is 236 g/mol. The van der Waals surface area contributed by atoms with Gasteiger partial charge < -0.3 is 9.79 Å². The molecule has 0 aromatic rings. The first kappa shape index (κ1) is 13.2. The highest BCUT2D eigenvalue weighted by Crippen LogP contribution is 2.44. The molecule has 1 aliphatic rings. The van der Waals surface area contributed by atoms with Crippen LogP contribution in [0.15, 0.2) is 0 Å². The number of hydrogen-bond donors (Lipinski definition) is 2. The van der Waals surface area contributed by atoms with Crippen LogP contribution in [-0.4, -0.2) is 15.9 Å². The fraction of sp³-hybridized carbons (Fsp3) is 1.00. The first-order valence-corrected chi connectivity index (χ1v) is 7.21.